The maximum Gasteiger partial charge on any atom is 0.255 e. The molecule has 0 aliphatic heterocycles. The van der Waals surface area contributed by atoms with Crippen LogP contribution in [0.3, 0.4) is 0 Å². The minimum absolute atomic E-state index is 0.0101. The first kappa shape index (κ1) is 19.1. The Morgan fingerprint density at radius 3 is 2.60 bits per heavy atom. The van der Waals surface area contributed by atoms with Gasteiger partial charge in [-0.3, -0.25) is 9.59 Å². The number of carbonyl (C=O) groups is 2. The third-order valence-electron chi connectivity index (χ3n) is 4.78. The molecule has 0 heterocycles. The summed E-state index contributed by atoms with van der Waals surface area (Å²) in [6, 6.07) is 5.08. The summed E-state index contributed by atoms with van der Waals surface area (Å²) in [5, 5.41) is 2.90. The number of primary amides is 1. The van der Waals surface area contributed by atoms with Crippen molar-refractivity contribution < 1.29 is 19.1 Å². The molecule has 0 bridgehead atoms. The van der Waals surface area contributed by atoms with E-state index in [0.29, 0.717) is 35.4 Å². The van der Waals surface area contributed by atoms with Crippen LogP contribution in [-0.2, 0) is 9.59 Å². The second kappa shape index (κ2) is 9.30. The van der Waals surface area contributed by atoms with Gasteiger partial charge in [0.15, 0.2) is 18.1 Å². The summed E-state index contributed by atoms with van der Waals surface area (Å²) < 4.78 is 10.5. The van der Waals surface area contributed by atoms with Crippen LogP contribution in [0.15, 0.2) is 18.2 Å². The zero-order valence-corrected chi connectivity index (χ0v) is 15.0. The summed E-state index contributed by atoms with van der Waals surface area (Å²) in [5.41, 5.74) is 5.71. The molecular formula is C19H28N2O4. The number of hydrogen-bond donors (Lipinski definition) is 2. The first-order valence-electron chi connectivity index (χ1n) is 8.88. The highest BCUT2D eigenvalue weighted by Crippen LogP contribution is 2.33. The molecule has 1 aromatic carbocycles. The van der Waals surface area contributed by atoms with Gasteiger partial charge in [-0.05, 0) is 24.0 Å². The van der Waals surface area contributed by atoms with Gasteiger partial charge in [-0.25, -0.2) is 0 Å². The lowest BCUT2D eigenvalue weighted by molar-refractivity contribution is -0.120. The van der Waals surface area contributed by atoms with E-state index in [4.69, 9.17) is 15.2 Å². The topological polar surface area (TPSA) is 90.7 Å². The number of ether oxygens (including phenoxy) is 2. The zero-order chi connectivity index (χ0) is 18.2. The standard InChI is InChI=1S/C19H28N2O4/c1-13(14-6-4-3-5-7-14)10-19(23)21-15-8-9-16(24-2)17(11-15)25-12-18(20)22/h8-9,11,13-14H,3-7,10,12H2,1-2H3,(H2,20,22)(H,21,23)/t13-/m0/s1. The Kier molecular flexibility index (Phi) is 7.10. The van der Waals surface area contributed by atoms with E-state index < -0.39 is 5.91 Å². The zero-order valence-electron chi connectivity index (χ0n) is 15.0. The van der Waals surface area contributed by atoms with Crippen LogP contribution in [0.5, 0.6) is 11.5 Å². The van der Waals surface area contributed by atoms with Crippen molar-refractivity contribution in [1.82, 2.24) is 0 Å². The first-order chi connectivity index (χ1) is 12.0. The molecular weight excluding hydrogens is 320 g/mol. The highest BCUT2D eigenvalue weighted by molar-refractivity contribution is 5.91. The van der Waals surface area contributed by atoms with E-state index >= 15 is 0 Å². The van der Waals surface area contributed by atoms with Gasteiger partial charge in [0, 0.05) is 18.2 Å². The minimum Gasteiger partial charge on any atom is -0.493 e. The van der Waals surface area contributed by atoms with E-state index in [-0.39, 0.29) is 12.5 Å². The van der Waals surface area contributed by atoms with Crippen LogP contribution in [0.25, 0.3) is 0 Å². The normalized spacial score (nSPS) is 16.1. The molecule has 2 rings (SSSR count). The molecule has 1 aliphatic carbocycles. The monoisotopic (exact) mass is 348 g/mol. The predicted molar refractivity (Wildman–Crippen MR) is 96.7 cm³/mol. The number of rotatable bonds is 8. The smallest absolute Gasteiger partial charge is 0.255 e. The second-order valence-electron chi connectivity index (χ2n) is 6.75. The summed E-state index contributed by atoms with van der Waals surface area (Å²) in [4.78, 5) is 23.2. The molecule has 1 fully saturated rings. The quantitative estimate of drug-likeness (QED) is 0.755. The number of hydrogen-bond acceptors (Lipinski definition) is 4. The lowest BCUT2D eigenvalue weighted by Crippen LogP contribution is -2.22. The van der Waals surface area contributed by atoms with E-state index in [1.165, 1.54) is 39.2 Å². The Hall–Kier alpha value is -2.24. The fourth-order valence-corrected chi connectivity index (χ4v) is 3.39. The average molecular weight is 348 g/mol. The van der Waals surface area contributed by atoms with Crippen molar-refractivity contribution >= 4 is 17.5 Å². The summed E-state index contributed by atoms with van der Waals surface area (Å²) in [6.07, 6.45) is 6.82. The molecule has 138 valence electrons. The van der Waals surface area contributed by atoms with E-state index in [9.17, 15) is 9.59 Å². The molecule has 0 spiro atoms. The largest absolute Gasteiger partial charge is 0.493 e. The van der Waals surface area contributed by atoms with E-state index in [1.54, 1.807) is 18.2 Å². The van der Waals surface area contributed by atoms with Crippen LogP contribution in [0.2, 0.25) is 0 Å². The summed E-state index contributed by atoms with van der Waals surface area (Å²) in [5.74, 6) is 1.30. The highest BCUT2D eigenvalue weighted by atomic mass is 16.5. The maximum atomic E-state index is 12.3. The lowest BCUT2D eigenvalue weighted by Gasteiger charge is -2.27. The van der Waals surface area contributed by atoms with Gasteiger partial charge in [0.1, 0.15) is 0 Å². The van der Waals surface area contributed by atoms with Crippen molar-refractivity contribution in [3.63, 3.8) is 0 Å². The van der Waals surface area contributed by atoms with Crippen molar-refractivity contribution in [2.45, 2.75) is 45.4 Å². The van der Waals surface area contributed by atoms with Gasteiger partial charge >= 0.3 is 0 Å². The van der Waals surface area contributed by atoms with Crippen molar-refractivity contribution in [2.24, 2.45) is 17.6 Å². The molecule has 1 atom stereocenters. The number of benzene rings is 1. The van der Waals surface area contributed by atoms with Gasteiger partial charge in [0.2, 0.25) is 5.91 Å². The third kappa shape index (κ3) is 5.96. The third-order valence-corrected chi connectivity index (χ3v) is 4.78. The maximum absolute atomic E-state index is 12.3. The SMILES string of the molecule is COc1ccc(NC(=O)C[C@H](C)C2CCCCC2)cc1OCC(N)=O. The summed E-state index contributed by atoms with van der Waals surface area (Å²) >= 11 is 0. The Morgan fingerprint density at radius 2 is 1.96 bits per heavy atom. The fourth-order valence-electron chi connectivity index (χ4n) is 3.39. The number of anilines is 1. The number of nitrogens with one attached hydrogen (secondary N) is 1. The minimum atomic E-state index is -0.571. The van der Waals surface area contributed by atoms with Gasteiger partial charge in [0.05, 0.1) is 7.11 Å². The van der Waals surface area contributed by atoms with Gasteiger partial charge in [-0.15, -0.1) is 0 Å². The van der Waals surface area contributed by atoms with Crippen LogP contribution in [0.4, 0.5) is 5.69 Å². The molecule has 2 amide bonds. The molecule has 25 heavy (non-hydrogen) atoms. The Bertz CT molecular complexity index is 597. The molecule has 6 heteroatoms. The molecule has 0 aromatic heterocycles. The predicted octanol–water partition coefficient (Wildman–Crippen LogP) is 3.10. The summed E-state index contributed by atoms with van der Waals surface area (Å²) in [7, 11) is 1.51. The Balaban J connectivity index is 1.94. The molecule has 0 radical (unpaired) electrons. The van der Waals surface area contributed by atoms with Crippen molar-refractivity contribution in [3.8, 4) is 11.5 Å². The molecule has 3 N–H and O–H groups in total. The number of amides is 2. The van der Waals surface area contributed by atoms with Gasteiger partial charge in [0.25, 0.3) is 5.91 Å². The van der Waals surface area contributed by atoms with E-state index in [2.05, 4.69) is 12.2 Å². The van der Waals surface area contributed by atoms with E-state index in [0.717, 1.165) is 0 Å². The molecule has 6 nitrogen and oxygen atoms in total. The summed E-state index contributed by atoms with van der Waals surface area (Å²) in [6.45, 7) is 1.91. The molecule has 0 unspecified atom stereocenters. The van der Waals surface area contributed by atoms with Gasteiger partial charge in [-0.2, -0.15) is 0 Å². The molecule has 1 aromatic rings. The van der Waals surface area contributed by atoms with E-state index in [1.807, 2.05) is 0 Å². The van der Waals surface area contributed by atoms with Crippen molar-refractivity contribution in [3.05, 3.63) is 18.2 Å². The second-order valence-corrected chi connectivity index (χ2v) is 6.75. The Labute approximate surface area is 149 Å². The van der Waals surface area contributed by atoms with Gasteiger partial charge < -0.3 is 20.5 Å². The van der Waals surface area contributed by atoms with Crippen LogP contribution in [-0.4, -0.2) is 25.5 Å². The molecule has 1 aliphatic rings. The van der Waals surface area contributed by atoms with Crippen molar-refractivity contribution in [1.29, 1.82) is 0 Å². The van der Waals surface area contributed by atoms with Gasteiger partial charge in [-0.1, -0.05) is 39.0 Å². The van der Waals surface area contributed by atoms with Crippen molar-refractivity contribution in [2.75, 3.05) is 19.0 Å². The first-order valence-corrected chi connectivity index (χ1v) is 8.88. The number of nitrogens with two attached hydrogens (primary N) is 1. The average Bonchev–Trinajstić information content (AvgIpc) is 2.60. The van der Waals surface area contributed by atoms with Crippen LogP contribution in [0.1, 0.15) is 45.4 Å². The molecule has 1 saturated carbocycles. The van der Waals surface area contributed by atoms with Crippen LogP contribution in [0, 0.1) is 11.8 Å². The number of carbonyl (C=O) groups excluding carboxylic acids is 2. The lowest BCUT2D eigenvalue weighted by atomic mass is 9.79. The highest BCUT2D eigenvalue weighted by Gasteiger charge is 2.22. The Morgan fingerprint density at radius 1 is 1.24 bits per heavy atom. The van der Waals surface area contributed by atoms with Crippen LogP contribution >= 0.6 is 0 Å². The fraction of sp³-hybridized carbons (Fsp3) is 0.579. The molecule has 0 saturated heterocycles. The number of methoxy groups -OCH3 is 1. The van der Waals surface area contributed by atoms with Crippen LogP contribution < -0.4 is 20.5 Å².